The lowest BCUT2D eigenvalue weighted by Crippen LogP contribution is -2.41. The van der Waals surface area contributed by atoms with Crippen LogP contribution in [0.1, 0.15) is 35.2 Å². The molecule has 0 aromatic heterocycles. The summed E-state index contributed by atoms with van der Waals surface area (Å²) in [5.74, 6) is -1.58. The molecule has 0 saturated carbocycles. The van der Waals surface area contributed by atoms with E-state index in [0.717, 1.165) is 5.56 Å². The molecule has 0 spiro atoms. The number of carbonyl (C=O) groups is 4. The summed E-state index contributed by atoms with van der Waals surface area (Å²) < 4.78 is 9.18. The summed E-state index contributed by atoms with van der Waals surface area (Å²) in [6.45, 7) is 0. The minimum absolute atomic E-state index is 0.0220. The smallest absolute Gasteiger partial charge is 0.328 e. The molecule has 0 saturated heterocycles. The van der Waals surface area contributed by atoms with Gasteiger partial charge in [-0.3, -0.25) is 9.59 Å². The third kappa shape index (κ3) is 7.23. The van der Waals surface area contributed by atoms with Crippen LogP contribution in [0, 0.1) is 0 Å². The quantitative estimate of drug-likeness (QED) is 0.374. The van der Waals surface area contributed by atoms with E-state index < -0.39 is 29.3 Å². The molecule has 8 heteroatoms. The number of rotatable bonds is 10. The first-order chi connectivity index (χ1) is 12.4. The SMILES string of the molecule is COC(=O)CC[C@H](NC(=O)c1ccc(CCC(Cl)C=O)cc1)C(=O)OC. The van der Waals surface area contributed by atoms with Crippen LogP contribution in [0.15, 0.2) is 24.3 Å². The average molecular weight is 384 g/mol. The number of alkyl halides is 1. The Morgan fingerprint density at radius 3 is 2.31 bits per heavy atom. The van der Waals surface area contributed by atoms with Crippen molar-refractivity contribution >= 4 is 35.7 Å². The fraction of sp³-hybridized carbons (Fsp3) is 0.444. The number of ether oxygens (including phenoxy) is 2. The van der Waals surface area contributed by atoms with Crippen LogP contribution in [0.5, 0.6) is 0 Å². The zero-order valence-electron chi connectivity index (χ0n) is 14.7. The van der Waals surface area contributed by atoms with E-state index in [4.69, 9.17) is 11.6 Å². The van der Waals surface area contributed by atoms with Crippen molar-refractivity contribution in [3.63, 3.8) is 0 Å². The number of nitrogens with one attached hydrogen (secondary N) is 1. The zero-order chi connectivity index (χ0) is 19.5. The van der Waals surface area contributed by atoms with Crippen molar-refractivity contribution in [2.45, 2.75) is 37.1 Å². The fourth-order valence-electron chi connectivity index (χ4n) is 2.19. The van der Waals surface area contributed by atoms with Gasteiger partial charge in [-0.1, -0.05) is 12.1 Å². The number of benzene rings is 1. The molecule has 0 fully saturated rings. The number of halogens is 1. The minimum atomic E-state index is -0.948. The summed E-state index contributed by atoms with van der Waals surface area (Å²) >= 11 is 5.75. The summed E-state index contributed by atoms with van der Waals surface area (Å²) in [5, 5.41) is 2.02. The first-order valence-corrected chi connectivity index (χ1v) is 8.48. The molecule has 0 bridgehead atoms. The lowest BCUT2D eigenvalue weighted by Gasteiger charge is -2.16. The second-order valence-corrected chi connectivity index (χ2v) is 6.11. The Labute approximate surface area is 157 Å². The standard InChI is InChI=1S/C18H22ClNO6/c1-25-16(22)10-9-15(18(24)26-2)20-17(23)13-6-3-12(4-7-13)5-8-14(19)11-21/h3-4,6-7,11,14-15H,5,8-10H2,1-2H3,(H,20,23)/t14?,15-/m0/s1. The van der Waals surface area contributed by atoms with Crippen molar-refractivity contribution in [1.29, 1.82) is 0 Å². The highest BCUT2D eigenvalue weighted by Gasteiger charge is 2.23. The Hall–Kier alpha value is -2.41. The summed E-state index contributed by atoms with van der Waals surface area (Å²) in [6.07, 6.45) is 1.86. The van der Waals surface area contributed by atoms with E-state index >= 15 is 0 Å². The predicted molar refractivity (Wildman–Crippen MR) is 95.0 cm³/mol. The van der Waals surface area contributed by atoms with Gasteiger partial charge in [0.15, 0.2) is 0 Å². The summed E-state index contributed by atoms with van der Waals surface area (Å²) in [7, 11) is 2.45. The van der Waals surface area contributed by atoms with Crippen LogP contribution in [0.25, 0.3) is 0 Å². The highest BCUT2D eigenvalue weighted by Crippen LogP contribution is 2.11. The summed E-state index contributed by atoms with van der Waals surface area (Å²) in [4.78, 5) is 45.8. The molecule has 0 aliphatic carbocycles. The van der Waals surface area contributed by atoms with Gasteiger partial charge in [0.25, 0.3) is 5.91 Å². The van der Waals surface area contributed by atoms with Gasteiger partial charge in [-0.15, -0.1) is 11.6 Å². The molecule has 2 atom stereocenters. The number of hydrogen-bond acceptors (Lipinski definition) is 6. The van der Waals surface area contributed by atoms with Crippen LogP contribution in [0.4, 0.5) is 0 Å². The maximum absolute atomic E-state index is 12.3. The predicted octanol–water partition coefficient (Wildman–Crippen LogP) is 1.65. The van der Waals surface area contributed by atoms with Crippen molar-refractivity contribution in [2.24, 2.45) is 0 Å². The molecule has 1 N–H and O–H groups in total. The van der Waals surface area contributed by atoms with Crippen molar-refractivity contribution in [3.05, 3.63) is 35.4 Å². The summed E-state index contributed by atoms with van der Waals surface area (Å²) in [5.41, 5.74) is 1.29. The van der Waals surface area contributed by atoms with Crippen molar-refractivity contribution in [1.82, 2.24) is 5.32 Å². The Bertz CT molecular complexity index is 631. The van der Waals surface area contributed by atoms with Gasteiger partial charge in [0, 0.05) is 12.0 Å². The maximum atomic E-state index is 12.3. The fourth-order valence-corrected chi connectivity index (χ4v) is 2.30. The van der Waals surface area contributed by atoms with E-state index in [1.54, 1.807) is 24.3 Å². The number of aldehydes is 1. The molecule has 1 amide bonds. The molecule has 0 heterocycles. The number of esters is 2. The Morgan fingerprint density at radius 1 is 1.12 bits per heavy atom. The second kappa shape index (κ2) is 11.3. The van der Waals surface area contributed by atoms with Crippen LogP contribution in [-0.4, -0.2) is 49.8 Å². The molecular weight excluding hydrogens is 362 g/mol. The van der Waals surface area contributed by atoms with Gasteiger partial charge in [0.1, 0.15) is 12.3 Å². The van der Waals surface area contributed by atoms with Gasteiger partial charge >= 0.3 is 11.9 Å². The average Bonchev–Trinajstić information content (AvgIpc) is 2.68. The largest absolute Gasteiger partial charge is 0.469 e. The number of amides is 1. The van der Waals surface area contributed by atoms with Gasteiger partial charge in [0.05, 0.1) is 19.6 Å². The molecule has 0 radical (unpaired) electrons. The van der Waals surface area contributed by atoms with E-state index in [9.17, 15) is 19.2 Å². The molecule has 0 aliphatic rings. The summed E-state index contributed by atoms with van der Waals surface area (Å²) in [6, 6.07) is 5.79. The first kappa shape index (κ1) is 21.6. The monoisotopic (exact) mass is 383 g/mol. The molecule has 7 nitrogen and oxygen atoms in total. The number of hydrogen-bond donors (Lipinski definition) is 1. The van der Waals surface area contributed by atoms with Crippen molar-refractivity contribution < 1.29 is 28.7 Å². The molecule has 26 heavy (non-hydrogen) atoms. The first-order valence-electron chi connectivity index (χ1n) is 8.05. The van der Waals surface area contributed by atoms with Gasteiger partial charge in [0.2, 0.25) is 0 Å². The number of carbonyl (C=O) groups excluding carboxylic acids is 4. The molecule has 1 aromatic rings. The highest BCUT2D eigenvalue weighted by molar-refractivity contribution is 6.27. The van der Waals surface area contributed by atoms with Crippen molar-refractivity contribution in [3.8, 4) is 0 Å². The van der Waals surface area contributed by atoms with Crippen LogP contribution in [0.2, 0.25) is 0 Å². The Kier molecular flexibility index (Phi) is 9.36. The van der Waals surface area contributed by atoms with Crippen LogP contribution in [-0.2, 0) is 30.3 Å². The molecule has 0 aliphatic heterocycles. The minimum Gasteiger partial charge on any atom is -0.469 e. The van der Waals surface area contributed by atoms with E-state index in [1.165, 1.54) is 14.2 Å². The van der Waals surface area contributed by atoms with Crippen LogP contribution >= 0.6 is 11.6 Å². The topological polar surface area (TPSA) is 98.8 Å². The van der Waals surface area contributed by atoms with E-state index in [-0.39, 0.29) is 12.8 Å². The Morgan fingerprint density at radius 2 is 1.77 bits per heavy atom. The van der Waals surface area contributed by atoms with E-state index in [2.05, 4.69) is 14.8 Å². The maximum Gasteiger partial charge on any atom is 0.328 e. The number of methoxy groups -OCH3 is 2. The zero-order valence-corrected chi connectivity index (χ0v) is 15.5. The van der Waals surface area contributed by atoms with Crippen LogP contribution < -0.4 is 5.32 Å². The second-order valence-electron chi connectivity index (χ2n) is 5.55. The Balaban J connectivity index is 2.68. The molecule has 142 valence electrons. The van der Waals surface area contributed by atoms with Crippen LogP contribution in [0.3, 0.4) is 0 Å². The molecular formula is C18H22ClNO6. The van der Waals surface area contributed by atoms with Gasteiger partial charge in [-0.2, -0.15) is 0 Å². The van der Waals surface area contributed by atoms with E-state index in [0.29, 0.717) is 24.7 Å². The van der Waals surface area contributed by atoms with E-state index in [1.807, 2.05) is 0 Å². The molecule has 1 unspecified atom stereocenters. The van der Waals surface area contributed by atoms with Crippen molar-refractivity contribution in [2.75, 3.05) is 14.2 Å². The van der Waals surface area contributed by atoms with Gasteiger partial charge in [-0.05, 0) is 37.0 Å². The lowest BCUT2D eigenvalue weighted by molar-refractivity contribution is -0.144. The molecule has 1 rings (SSSR count). The highest BCUT2D eigenvalue weighted by atomic mass is 35.5. The normalized spacial score (nSPS) is 12.6. The lowest BCUT2D eigenvalue weighted by atomic mass is 10.1. The van der Waals surface area contributed by atoms with Gasteiger partial charge < -0.3 is 19.6 Å². The number of aryl methyl sites for hydroxylation is 1. The third-order valence-electron chi connectivity index (χ3n) is 3.73. The molecule has 1 aromatic carbocycles. The van der Waals surface area contributed by atoms with Gasteiger partial charge in [-0.25, -0.2) is 4.79 Å². The third-order valence-corrected chi connectivity index (χ3v) is 4.05.